The zero-order chi connectivity index (χ0) is 37.2. The summed E-state index contributed by atoms with van der Waals surface area (Å²) in [5.41, 5.74) is -1.04. The molecule has 0 atom stereocenters. The van der Waals surface area contributed by atoms with Crippen LogP contribution in [0.1, 0.15) is 54.2 Å². The molecule has 2 N–H and O–H groups in total. The van der Waals surface area contributed by atoms with Crippen LogP contribution >= 0.6 is 0 Å². The first-order valence-electron chi connectivity index (χ1n) is 16.2. The normalized spacial score (nSPS) is 10.9. The van der Waals surface area contributed by atoms with Gasteiger partial charge in [-0.15, -0.1) is 4.73 Å². The number of Topliss-reactive ketones (excluding diaryl/α,β-unsaturated/α-hetero) is 1. The van der Waals surface area contributed by atoms with Gasteiger partial charge in [-0.05, 0) is 29.8 Å². The van der Waals surface area contributed by atoms with Gasteiger partial charge >= 0.3 is 5.97 Å². The van der Waals surface area contributed by atoms with Crippen LogP contribution in [0.2, 0.25) is 0 Å². The molecule has 2 heterocycles. The Kier molecular flexibility index (Phi) is 16.7. The number of nitrogens with one attached hydrogen (secondary N) is 2. The number of pyridine rings is 2. The van der Waals surface area contributed by atoms with E-state index in [2.05, 4.69) is 10.6 Å². The maximum absolute atomic E-state index is 13.3. The van der Waals surface area contributed by atoms with E-state index in [1.165, 1.54) is 45.3 Å². The molecule has 16 heteroatoms. The zero-order valence-corrected chi connectivity index (χ0v) is 29.3. The van der Waals surface area contributed by atoms with E-state index in [4.69, 9.17) is 23.8 Å². The highest BCUT2D eigenvalue weighted by molar-refractivity contribution is 5.96. The number of carbonyl (C=O) groups excluding carboxylic acids is 4. The highest BCUT2D eigenvalue weighted by Gasteiger charge is 2.21. The fourth-order valence-corrected chi connectivity index (χ4v) is 4.79. The molecule has 0 spiro atoms. The second-order valence-electron chi connectivity index (χ2n) is 11.1. The summed E-state index contributed by atoms with van der Waals surface area (Å²) in [6.07, 6.45) is 0. The Hall–Kier alpha value is -5.16. The number of ketones is 1. The van der Waals surface area contributed by atoms with Crippen molar-refractivity contribution in [2.75, 3.05) is 80.0 Å². The van der Waals surface area contributed by atoms with Crippen LogP contribution in [-0.2, 0) is 32.6 Å². The number of esters is 1. The number of hydrogen-bond acceptors (Lipinski definition) is 12. The third-order valence-electron chi connectivity index (χ3n) is 7.58. The van der Waals surface area contributed by atoms with Crippen LogP contribution in [0.4, 0.5) is 0 Å². The average Bonchev–Trinajstić information content (AvgIpc) is 3.12. The lowest BCUT2D eigenvalue weighted by Gasteiger charge is -2.23. The van der Waals surface area contributed by atoms with Gasteiger partial charge in [0.25, 0.3) is 22.9 Å². The Bertz CT molecular complexity index is 1740. The Morgan fingerprint density at radius 3 is 1.86 bits per heavy atom. The van der Waals surface area contributed by atoms with Crippen LogP contribution in [0, 0.1) is 0 Å². The van der Waals surface area contributed by atoms with Gasteiger partial charge in [-0.2, -0.15) is 0 Å². The molecule has 3 aromatic rings. The topological polar surface area (TPSA) is 186 Å². The highest BCUT2D eigenvalue weighted by atomic mass is 16.7. The molecule has 0 aliphatic carbocycles. The van der Waals surface area contributed by atoms with Gasteiger partial charge in [-0.3, -0.25) is 28.9 Å². The highest BCUT2D eigenvalue weighted by Crippen LogP contribution is 2.05. The summed E-state index contributed by atoms with van der Waals surface area (Å²) in [6.45, 7) is 4.60. The van der Waals surface area contributed by atoms with Crippen LogP contribution in [0.3, 0.4) is 0 Å². The van der Waals surface area contributed by atoms with Crippen molar-refractivity contribution in [2.45, 2.75) is 13.5 Å². The molecule has 0 radical (unpaired) electrons. The molecule has 51 heavy (non-hydrogen) atoms. The van der Waals surface area contributed by atoms with Crippen molar-refractivity contribution in [1.82, 2.24) is 24.8 Å². The first-order chi connectivity index (χ1) is 24.6. The monoisotopic (exact) mass is 711 g/mol. The molecule has 276 valence electrons. The molecule has 0 aliphatic rings. The molecular weight excluding hydrogens is 666 g/mol. The smallest absolute Gasteiger partial charge is 0.358 e. The summed E-state index contributed by atoms with van der Waals surface area (Å²) in [5.74, 6) is -2.39. The van der Waals surface area contributed by atoms with Gasteiger partial charge in [-0.25, -0.2) is 4.79 Å². The van der Waals surface area contributed by atoms with E-state index in [-0.39, 0.29) is 48.0 Å². The number of hydrogen-bond donors (Lipinski definition) is 2. The molecule has 0 fully saturated rings. The molecule has 2 amide bonds. The quantitative estimate of drug-likeness (QED) is 0.0827. The van der Waals surface area contributed by atoms with Crippen molar-refractivity contribution in [3.05, 3.63) is 103 Å². The number of methoxy groups -OCH3 is 2. The number of ether oxygens (including phenoxy) is 4. The number of amides is 2. The van der Waals surface area contributed by atoms with Gasteiger partial charge < -0.3 is 39.0 Å². The van der Waals surface area contributed by atoms with Crippen LogP contribution in [0.25, 0.3) is 0 Å². The molecule has 0 aliphatic heterocycles. The standard InChI is InChI=1S/C35H45N5O11/c1-25(41)29-12-10-27(33(44)38(29)2)31(42)36-14-16-39(18-19-49-22-23-50-21-20-47-3)17-15-37-32(43)28-11-13-30(35(46)48-4)40(34(28)45)51-24-26-8-6-5-7-9-26/h5-13H,14-24H2,1-4H3,(H,36,42)(H,37,43). The van der Waals surface area contributed by atoms with Crippen molar-refractivity contribution in [2.24, 2.45) is 7.05 Å². The van der Waals surface area contributed by atoms with E-state index < -0.39 is 28.9 Å². The molecule has 16 nitrogen and oxygen atoms in total. The largest absolute Gasteiger partial charge is 0.464 e. The summed E-state index contributed by atoms with van der Waals surface area (Å²) in [7, 11) is 4.18. The summed E-state index contributed by atoms with van der Waals surface area (Å²) in [4.78, 5) is 83.6. The third-order valence-corrected chi connectivity index (χ3v) is 7.58. The number of benzene rings is 1. The zero-order valence-electron chi connectivity index (χ0n) is 29.3. The fraction of sp³-hybridized carbons (Fsp3) is 0.429. The molecule has 0 bridgehead atoms. The third kappa shape index (κ3) is 12.3. The van der Waals surface area contributed by atoms with Crippen molar-refractivity contribution >= 4 is 23.6 Å². The number of aromatic nitrogens is 2. The van der Waals surface area contributed by atoms with Gasteiger partial charge in [0.15, 0.2) is 11.5 Å². The average molecular weight is 712 g/mol. The van der Waals surface area contributed by atoms with E-state index >= 15 is 0 Å². The van der Waals surface area contributed by atoms with Crippen LogP contribution in [0.15, 0.2) is 64.2 Å². The van der Waals surface area contributed by atoms with E-state index in [1.54, 1.807) is 31.4 Å². The van der Waals surface area contributed by atoms with Crippen molar-refractivity contribution in [3.63, 3.8) is 0 Å². The summed E-state index contributed by atoms with van der Waals surface area (Å²) in [6, 6.07) is 14.2. The van der Waals surface area contributed by atoms with Gasteiger partial charge in [0, 0.05) is 53.8 Å². The molecule has 0 saturated heterocycles. The summed E-state index contributed by atoms with van der Waals surface area (Å²) in [5, 5.41) is 5.44. The predicted octanol–water partition coefficient (Wildman–Crippen LogP) is 0.306. The van der Waals surface area contributed by atoms with E-state index in [1.807, 2.05) is 11.0 Å². The second-order valence-corrected chi connectivity index (χ2v) is 11.1. The number of carbonyl (C=O) groups is 4. The van der Waals surface area contributed by atoms with Gasteiger partial charge in [-0.1, -0.05) is 30.3 Å². The molecule has 0 unspecified atom stereocenters. The van der Waals surface area contributed by atoms with E-state index in [0.29, 0.717) is 52.7 Å². The van der Waals surface area contributed by atoms with E-state index in [9.17, 15) is 28.8 Å². The van der Waals surface area contributed by atoms with Crippen molar-refractivity contribution in [3.8, 4) is 0 Å². The minimum absolute atomic E-state index is 0.0407. The molecule has 3 rings (SSSR count). The lowest BCUT2D eigenvalue weighted by Crippen LogP contribution is -2.43. The Labute approximate surface area is 295 Å². The van der Waals surface area contributed by atoms with Gasteiger partial charge in [0.1, 0.15) is 17.7 Å². The Morgan fingerprint density at radius 1 is 0.706 bits per heavy atom. The summed E-state index contributed by atoms with van der Waals surface area (Å²) < 4.78 is 22.7. The minimum Gasteiger partial charge on any atom is -0.464 e. The van der Waals surface area contributed by atoms with Crippen LogP contribution in [-0.4, -0.2) is 118 Å². The lowest BCUT2D eigenvalue weighted by molar-refractivity contribution is 0.0196. The van der Waals surface area contributed by atoms with Crippen molar-refractivity contribution in [1.29, 1.82) is 0 Å². The maximum Gasteiger partial charge on any atom is 0.358 e. The SMILES string of the molecule is COCCOCCOCCN(CCNC(=O)c1ccc(C(C)=O)n(C)c1=O)CCNC(=O)c1ccc(C(=O)OC)n(OCc2ccccc2)c1=O. The first kappa shape index (κ1) is 40.3. The van der Waals surface area contributed by atoms with Crippen LogP contribution in [0.5, 0.6) is 0 Å². The Morgan fingerprint density at radius 2 is 1.27 bits per heavy atom. The minimum atomic E-state index is -0.838. The summed E-state index contributed by atoms with van der Waals surface area (Å²) >= 11 is 0. The van der Waals surface area contributed by atoms with Crippen molar-refractivity contribution < 1.29 is 43.0 Å². The lowest BCUT2D eigenvalue weighted by atomic mass is 10.2. The van der Waals surface area contributed by atoms with Gasteiger partial charge in [0.05, 0.1) is 45.8 Å². The van der Waals surface area contributed by atoms with Gasteiger partial charge in [0.2, 0.25) is 0 Å². The van der Waals surface area contributed by atoms with E-state index in [0.717, 1.165) is 14.9 Å². The fourth-order valence-electron chi connectivity index (χ4n) is 4.79. The molecule has 1 aromatic carbocycles. The Balaban J connectivity index is 1.63. The molecule has 2 aromatic heterocycles. The molecular formula is C35H45N5O11. The predicted molar refractivity (Wildman–Crippen MR) is 185 cm³/mol. The first-order valence-corrected chi connectivity index (χ1v) is 16.2. The number of nitrogens with zero attached hydrogens (tertiary/aromatic N) is 3. The molecule has 0 saturated carbocycles. The second kappa shape index (κ2) is 21.1. The maximum atomic E-state index is 13.3. The number of rotatable bonds is 22. The van der Waals surface area contributed by atoms with Crippen LogP contribution < -0.4 is 26.6 Å².